The third-order valence-corrected chi connectivity index (χ3v) is 0. The summed E-state index contributed by atoms with van der Waals surface area (Å²) in [6.45, 7) is 0. The zero-order valence-electron chi connectivity index (χ0n) is 4.67. The van der Waals surface area contributed by atoms with E-state index in [0.29, 0.717) is 0 Å². The van der Waals surface area contributed by atoms with E-state index in [0.717, 1.165) is 18.2 Å². The molecule has 53 valence electrons. The molecule has 0 aromatic rings. The zero-order valence-corrected chi connectivity index (χ0v) is 7.22. The number of nitrogens with one attached hydrogen (secondary N) is 3. The van der Waals surface area contributed by atoms with Crippen LogP contribution in [0.2, 0.25) is 0 Å². The molecule has 0 bridgehead atoms. The van der Waals surface area contributed by atoms with E-state index in [9.17, 15) is 0 Å². The quantitative estimate of drug-likeness (QED) is 0.300. The van der Waals surface area contributed by atoms with Gasteiger partial charge < -0.3 is 0 Å². The van der Waals surface area contributed by atoms with Gasteiger partial charge in [0.1, 0.15) is 0 Å². The third-order valence-electron chi connectivity index (χ3n) is 0. The standard InChI is InChI=1S/3CHNO.Sb/c3*2-1-3;/h3*2H;. The molecule has 0 aliphatic carbocycles. The molecule has 3 radical (unpaired) electrons. The summed E-state index contributed by atoms with van der Waals surface area (Å²) >= 11 is 0. The van der Waals surface area contributed by atoms with Crippen LogP contribution in [0.1, 0.15) is 0 Å². The smallest absolute Gasteiger partial charge is 0.222 e. The number of hydrogen-bond donors (Lipinski definition) is 3. The maximum atomic E-state index is 8.35. The summed E-state index contributed by atoms with van der Waals surface area (Å²) in [6, 6.07) is 0. The van der Waals surface area contributed by atoms with Gasteiger partial charge in [0.25, 0.3) is 0 Å². The first-order valence-corrected chi connectivity index (χ1v) is 1.36. The van der Waals surface area contributed by atoms with Crippen LogP contribution in [0.15, 0.2) is 0 Å². The minimum absolute atomic E-state index is 0. The van der Waals surface area contributed by atoms with Gasteiger partial charge in [0.05, 0.1) is 0 Å². The molecule has 0 unspecified atom stereocenters. The Hall–Kier alpha value is -1.04. The summed E-state index contributed by atoms with van der Waals surface area (Å²) in [5.41, 5.74) is 0. The van der Waals surface area contributed by atoms with Gasteiger partial charge in [-0.1, -0.05) is 0 Å². The molecule has 0 fully saturated rings. The van der Waals surface area contributed by atoms with E-state index in [4.69, 9.17) is 30.6 Å². The van der Waals surface area contributed by atoms with Crippen molar-refractivity contribution in [3.63, 3.8) is 0 Å². The fraction of sp³-hybridized carbons (Fsp3) is 0. The predicted molar refractivity (Wildman–Crippen MR) is 31.0 cm³/mol. The molecule has 0 aromatic heterocycles. The maximum Gasteiger partial charge on any atom is 0.231 e. The van der Waals surface area contributed by atoms with Crippen molar-refractivity contribution in [1.82, 2.24) is 0 Å². The second kappa shape index (κ2) is 100. The summed E-state index contributed by atoms with van der Waals surface area (Å²) < 4.78 is 0. The van der Waals surface area contributed by atoms with Gasteiger partial charge in [-0.05, 0) is 0 Å². The van der Waals surface area contributed by atoms with Gasteiger partial charge in [0.2, 0.25) is 18.2 Å². The van der Waals surface area contributed by atoms with Crippen LogP contribution < -0.4 is 0 Å². The Kier molecular flexibility index (Phi) is 232. The molecule has 0 atom stereocenters. The van der Waals surface area contributed by atoms with E-state index in [1.54, 1.807) is 0 Å². The van der Waals surface area contributed by atoms with Gasteiger partial charge in [-0.2, -0.15) is 0 Å². The van der Waals surface area contributed by atoms with E-state index in [1.807, 2.05) is 0 Å². The Morgan fingerprint density at radius 1 is 0.700 bits per heavy atom. The molecule has 0 saturated carbocycles. The van der Waals surface area contributed by atoms with Gasteiger partial charge in [0, 0.05) is 24.4 Å². The first kappa shape index (κ1) is 23.1. The molecule has 0 aliphatic heterocycles. The van der Waals surface area contributed by atoms with Crippen molar-refractivity contribution in [2.75, 3.05) is 0 Å². The van der Waals surface area contributed by atoms with Crippen LogP contribution in [0.25, 0.3) is 0 Å². The fourth-order valence-electron chi connectivity index (χ4n) is 0. The maximum absolute atomic E-state index is 8.35. The molecule has 0 amide bonds. The Morgan fingerprint density at radius 3 is 0.700 bits per heavy atom. The molecule has 0 saturated heterocycles. The summed E-state index contributed by atoms with van der Waals surface area (Å²) in [7, 11) is 0. The van der Waals surface area contributed by atoms with Crippen LogP contribution in [0.3, 0.4) is 0 Å². The minimum atomic E-state index is 0. The SMILES string of the molecule is N=C=O.N=C=O.N=C=O.[Sb]. The van der Waals surface area contributed by atoms with Crippen LogP contribution in [0.5, 0.6) is 0 Å². The molecule has 7 heteroatoms. The number of hydrogen-bond acceptors (Lipinski definition) is 6. The largest absolute Gasteiger partial charge is 0.231 e. The Morgan fingerprint density at radius 2 is 0.700 bits per heavy atom. The van der Waals surface area contributed by atoms with E-state index in [2.05, 4.69) is 0 Å². The first-order valence-electron chi connectivity index (χ1n) is 1.36. The molecule has 6 nitrogen and oxygen atoms in total. The normalized spacial score (nSPS) is 2.40. The molecule has 10 heavy (non-hydrogen) atoms. The summed E-state index contributed by atoms with van der Waals surface area (Å²) in [5.74, 6) is 0. The minimum Gasteiger partial charge on any atom is -0.222 e. The first-order chi connectivity index (χ1) is 4.24. The molecule has 3 N–H and O–H groups in total. The van der Waals surface area contributed by atoms with Crippen LogP contribution in [0, 0.1) is 16.2 Å². The van der Waals surface area contributed by atoms with Gasteiger partial charge in [-0.25, -0.2) is 30.6 Å². The second-order valence-corrected chi connectivity index (χ2v) is 0.306. The molecule has 0 aliphatic rings. The second-order valence-electron chi connectivity index (χ2n) is 0.306. The average Bonchev–Trinajstić information content (AvgIpc) is 1.70. The van der Waals surface area contributed by atoms with Crippen LogP contribution >= 0.6 is 0 Å². The Balaban J connectivity index is -0.0000000257. The predicted octanol–water partition coefficient (Wildman–Crippen LogP) is -0.678. The van der Waals surface area contributed by atoms with Crippen molar-refractivity contribution in [2.24, 2.45) is 0 Å². The molecule has 0 spiro atoms. The number of carbonyl (C=O) groups excluding carboxylic acids is 3. The van der Waals surface area contributed by atoms with E-state index in [1.165, 1.54) is 0 Å². The summed E-state index contributed by atoms with van der Waals surface area (Å²) in [5, 5.41) is 16.2. The Labute approximate surface area is 73.6 Å². The monoisotopic (exact) mass is 250 g/mol. The van der Waals surface area contributed by atoms with Crippen molar-refractivity contribution < 1.29 is 14.4 Å². The van der Waals surface area contributed by atoms with Crippen molar-refractivity contribution in [3.8, 4) is 0 Å². The van der Waals surface area contributed by atoms with E-state index >= 15 is 0 Å². The van der Waals surface area contributed by atoms with Crippen molar-refractivity contribution in [2.45, 2.75) is 0 Å². The van der Waals surface area contributed by atoms with Crippen molar-refractivity contribution in [1.29, 1.82) is 16.2 Å². The summed E-state index contributed by atoms with van der Waals surface area (Å²) in [4.78, 5) is 25.0. The van der Waals surface area contributed by atoms with Gasteiger partial charge in [0.15, 0.2) is 0 Å². The topological polar surface area (TPSA) is 123 Å². The Bertz CT molecular complexity index is 111. The van der Waals surface area contributed by atoms with E-state index in [-0.39, 0.29) is 24.4 Å². The molecule has 0 rings (SSSR count). The van der Waals surface area contributed by atoms with Crippen LogP contribution in [-0.4, -0.2) is 42.7 Å². The van der Waals surface area contributed by atoms with Crippen LogP contribution in [0.4, 0.5) is 0 Å². The van der Waals surface area contributed by atoms with Gasteiger partial charge >= 0.3 is 0 Å². The zero-order chi connectivity index (χ0) is 8.12. The molecule has 0 heterocycles. The van der Waals surface area contributed by atoms with Crippen molar-refractivity contribution >= 4 is 42.7 Å². The molecule has 0 aromatic carbocycles. The van der Waals surface area contributed by atoms with Gasteiger partial charge in [-0.15, -0.1) is 0 Å². The number of rotatable bonds is 0. The fourth-order valence-corrected chi connectivity index (χ4v) is 0. The van der Waals surface area contributed by atoms with Crippen molar-refractivity contribution in [3.05, 3.63) is 0 Å². The summed E-state index contributed by atoms with van der Waals surface area (Å²) in [6.07, 6.45) is 2.25. The van der Waals surface area contributed by atoms with E-state index < -0.39 is 0 Å². The van der Waals surface area contributed by atoms with Gasteiger partial charge in [-0.3, -0.25) is 0 Å². The molecular weight excluding hydrogens is 248 g/mol. The van der Waals surface area contributed by atoms with Crippen LogP contribution in [-0.2, 0) is 14.4 Å². The molecular formula is C3H3N3O3Sb. The number of isocyanates is 3. The third kappa shape index (κ3) is 228. The average molecular weight is 251 g/mol.